The summed E-state index contributed by atoms with van der Waals surface area (Å²) in [4.78, 5) is 29.9. The molecular formula is C32H32N4O5. The summed E-state index contributed by atoms with van der Waals surface area (Å²) in [5.74, 6) is 1.50. The summed E-state index contributed by atoms with van der Waals surface area (Å²) < 4.78 is 15.8. The molecule has 0 radical (unpaired) electrons. The van der Waals surface area contributed by atoms with Crippen LogP contribution in [0.1, 0.15) is 34.0 Å². The van der Waals surface area contributed by atoms with Crippen LogP contribution >= 0.6 is 0 Å². The molecule has 1 amide bonds. The van der Waals surface area contributed by atoms with E-state index in [9.17, 15) is 9.59 Å². The summed E-state index contributed by atoms with van der Waals surface area (Å²) in [7, 11) is 4.67. The van der Waals surface area contributed by atoms with Gasteiger partial charge < -0.3 is 24.8 Å². The van der Waals surface area contributed by atoms with Crippen molar-refractivity contribution in [1.82, 2.24) is 4.98 Å². The molecule has 1 aromatic heterocycles. The fourth-order valence-electron chi connectivity index (χ4n) is 4.18. The number of Topliss-reactive ketones (excluding diaryl/α,β-unsaturated/α-hetero) is 1. The molecule has 9 heteroatoms. The van der Waals surface area contributed by atoms with Crippen molar-refractivity contribution in [3.05, 3.63) is 95.1 Å². The van der Waals surface area contributed by atoms with Gasteiger partial charge >= 0.3 is 0 Å². The monoisotopic (exact) mass is 552 g/mol. The van der Waals surface area contributed by atoms with Gasteiger partial charge in [-0.25, -0.2) is 4.98 Å². The lowest BCUT2D eigenvalue weighted by Gasteiger charge is -2.15. The number of anilines is 2. The second kappa shape index (κ2) is 12.8. The minimum atomic E-state index is -0.359. The first-order valence-corrected chi connectivity index (χ1v) is 12.9. The Labute approximate surface area is 239 Å². The van der Waals surface area contributed by atoms with Gasteiger partial charge in [0.15, 0.2) is 5.78 Å². The highest BCUT2D eigenvalue weighted by atomic mass is 16.5. The molecule has 0 aliphatic heterocycles. The van der Waals surface area contributed by atoms with E-state index in [0.717, 1.165) is 22.4 Å². The van der Waals surface area contributed by atoms with E-state index < -0.39 is 0 Å². The van der Waals surface area contributed by atoms with Crippen LogP contribution in [0.2, 0.25) is 0 Å². The molecule has 0 fully saturated rings. The molecule has 0 unspecified atom stereocenters. The molecular weight excluding hydrogens is 520 g/mol. The van der Waals surface area contributed by atoms with E-state index in [2.05, 4.69) is 10.6 Å². The second-order valence-corrected chi connectivity index (χ2v) is 9.31. The maximum atomic E-state index is 13.1. The van der Waals surface area contributed by atoms with Crippen molar-refractivity contribution >= 4 is 28.9 Å². The lowest BCUT2D eigenvalue weighted by atomic mass is 10.0. The highest BCUT2D eigenvalue weighted by Crippen LogP contribution is 2.29. The minimum Gasteiger partial charge on any atom is -0.497 e. The first-order valence-electron chi connectivity index (χ1n) is 12.9. The third-order valence-corrected chi connectivity index (χ3v) is 6.52. The van der Waals surface area contributed by atoms with Gasteiger partial charge in [0.05, 0.1) is 27.0 Å². The Kier molecular flexibility index (Phi) is 8.98. The smallest absolute Gasteiger partial charge is 0.255 e. The summed E-state index contributed by atoms with van der Waals surface area (Å²) in [6.45, 7) is 3.74. The van der Waals surface area contributed by atoms with Gasteiger partial charge in [0.1, 0.15) is 28.8 Å². The second-order valence-electron chi connectivity index (χ2n) is 9.31. The number of benzene rings is 3. The predicted molar refractivity (Wildman–Crippen MR) is 160 cm³/mol. The van der Waals surface area contributed by atoms with Gasteiger partial charge in [0.2, 0.25) is 0 Å². The zero-order valence-electron chi connectivity index (χ0n) is 23.6. The summed E-state index contributed by atoms with van der Waals surface area (Å²) >= 11 is 0. The average Bonchev–Trinajstić information content (AvgIpc) is 3.00. The van der Waals surface area contributed by atoms with Crippen molar-refractivity contribution in [1.29, 1.82) is 5.41 Å². The fourth-order valence-corrected chi connectivity index (χ4v) is 4.18. The molecule has 4 aromatic rings. The van der Waals surface area contributed by atoms with E-state index in [1.54, 1.807) is 37.4 Å². The SMILES string of the molecule is COc1ccc(CNc2nc(-c3cc(NC(=O)c4cc(OC)cc(OC)c4)ccc3C)ccc2C(=N)C(C)=O)cc1. The Bertz CT molecular complexity index is 1580. The van der Waals surface area contributed by atoms with Crippen LogP contribution in [0.5, 0.6) is 17.2 Å². The quantitative estimate of drug-likeness (QED) is 0.198. The third-order valence-electron chi connectivity index (χ3n) is 6.52. The Balaban J connectivity index is 1.64. The summed E-state index contributed by atoms with van der Waals surface area (Å²) in [5, 5.41) is 14.5. The summed E-state index contributed by atoms with van der Waals surface area (Å²) in [6.07, 6.45) is 0. The zero-order valence-corrected chi connectivity index (χ0v) is 23.6. The zero-order chi connectivity index (χ0) is 29.5. The summed E-state index contributed by atoms with van der Waals surface area (Å²) in [6, 6.07) is 21.6. The van der Waals surface area contributed by atoms with Crippen LogP contribution in [-0.4, -0.2) is 43.7 Å². The number of hydrogen-bond acceptors (Lipinski definition) is 8. The van der Waals surface area contributed by atoms with Crippen molar-refractivity contribution in [2.75, 3.05) is 32.0 Å². The van der Waals surface area contributed by atoms with Crippen molar-refractivity contribution in [2.24, 2.45) is 0 Å². The molecule has 0 aliphatic carbocycles. The van der Waals surface area contributed by atoms with Crippen LogP contribution in [0.25, 0.3) is 11.3 Å². The number of amides is 1. The van der Waals surface area contributed by atoms with Crippen LogP contribution in [0.3, 0.4) is 0 Å². The van der Waals surface area contributed by atoms with Crippen LogP contribution in [0, 0.1) is 12.3 Å². The van der Waals surface area contributed by atoms with E-state index in [-0.39, 0.29) is 17.4 Å². The Morgan fingerprint density at radius 1 is 0.829 bits per heavy atom. The number of ether oxygens (including phenoxy) is 3. The summed E-state index contributed by atoms with van der Waals surface area (Å²) in [5.41, 5.74) is 4.57. The van der Waals surface area contributed by atoms with Gasteiger partial charge in [-0.1, -0.05) is 18.2 Å². The maximum Gasteiger partial charge on any atom is 0.255 e. The first kappa shape index (κ1) is 28.8. The molecule has 0 atom stereocenters. The molecule has 0 spiro atoms. The molecule has 0 bridgehead atoms. The van der Waals surface area contributed by atoms with E-state index in [0.29, 0.717) is 46.4 Å². The molecule has 0 saturated carbocycles. The number of aryl methyl sites for hydroxylation is 1. The lowest BCUT2D eigenvalue weighted by molar-refractivity contribution is -0.111. The molecule has 3 N–H and O–H groups in total. The average molecular weight is 553 g/mol. The largest absolute Gasteiger partial charge is 0.497 e. The number of ketones is 1. The molecule has 0 aliphatic rings. The molecule has 1 heterocycles. The van der Waals surface area contributed by atoms with Crippen LogP contribution in [0.15, 0.2) is 72.8 Å². The van der Waals surface area contributed by atoms with Gasteiger partial charge in [0.25, 0.3) is 5.91 Å². The number of aromatic nitrogens is 1. The number of rotatable bonds is 11. The van der Waals surface area contributed by atoms with Crippen molar-refractivity contribution in [3.63, 3.8) is 0 Å². The Morgan fingerprint density at radius 3 is 2.10 bits per heavy atom. The van der Waals surface area contributed by atoms with Gasteiger partial charge in [-0.2, -0.15) is 0 Å². The number of carbonyl (C=O) groups is 2. The Hall–Kier alpha value is -5.18. The third kappa shape index (κ3) is 6.88. The lowest BCUT2D eigenvalue weighted by Crippen LogP contribution is -2.15. The standard InChI is InChI=1S/C32H32N4O5/c1-19-6-9-23(35-32(38)22-14-25(40-4)17-26(15-22)41-5)16-28(19)29-13-12-27(30(33)20(2)37)31(36-29)34-18-21-7-10-24(39-3)11-8-21/h6-17,33H,18H2,1-5H3,(H,34,36)(H,35,38). The van der Waals surface area contributed by atoms with E-state index >= 15 is 0 Å². The minimum absolute atomic E-state index is 0.132. The van der Waals surface area contributed by atoms with Crippen LogP contribution in [0.4, 0.5) is 11.5 Å². The Morgan fingerprint density at radius 2 is 1.49 bits per heavy atom. The van der Waals surface area contributed by atoms with Crippen molar-refractivity contribution < 1.29 is 23.8 Å². The van der Waals surface area contributed by atoms with Gasteiger partial charge in [-0.15, -0.1) is 0 Å². The first-order chi connectivity index (χ1) is 19.7. The number of hydrogen-bond donors (Lipinski definition) is 3. The highest BCUT2D eigenvalue weighted by molar-refractivity contribution is 6.45. The molecule has 210 valence electrons. The van der Waals surface area contributed by atoms with E-state index in [1.807, 2.05) is 49.4 Å². The van der Waals surface area contributed by atoms with Crippen LogP contribution < -0.4 is 24.8 Å². The van der Waals surface area contributed by atoms with E-state index in [1.165, 1.54) is 21.1 Å². The fraction of sp³-hybridized carbons (Fsp3) is 0.188. The number of methoxy groups -OCH3 is 3. The number of nitrogens with one attached hydrogen (secondary N) is 3. The molecule has 3 aromatic carbocycles. The number of carbonyl (C=O) groups excluding carboxylic acids is 2. The van der Waals surface area contributed by atoms with Gasteiger partial charge in [0, 0.05) is 41.9 Å². The number of pyridine rings is 1. The van der Waals surface area contributed by atoms with Crippen molar-refractivity contribution in [2.45, 2.75) is 20.4 Å². The normalized spacial score (nSPS) is 10.5. The molecule has 4 rings (SSSR count). The molecule has 9 nitrogen and oxygen atoms in total. The van der Waals surface area contributed by atoms with Gasteiger partial charge in [-0.3, -0.25) is 15.0 Å². The van der Waals surface area contributed by atoms with Crippen molar-refractivity contribution in [3.8, 4) is 28.5 Å². The topological polar surface area (TPSA) is 123 Å². The highest BCUT2D eigenvalue weighted by Gasteiger charge is 2.17. The van der Waals surface area contributed by atoms with Crippen LogP contribution in [-0.2, 0) is 11.3 Å². The predicted octanol–water partition coefficient (Wildman–Crippen LogP) is 5.90. The number of nitrogens with zero attached hydrogens (tertiary/aromatic N) is 1. The maximum absolute atomic E-state index is 13.1. The van der Waals surface area contributed by atoms with Gasteiger partial charge in [-0.05, 0) is 66.6 Å². The molecule has 0 saturated heterocycles. The molecule has 41 heavy (non-hydrogen) atoms. The van der Waals surface area contributed by atoms with E-state index in [4.69, 9.17) is 24.6 Å².